The van der Waals surface area contributed by atoms with Gasteiger partial charge in [0.1, 0.15) is 17.3 Å². The van der Waals surface area contributed by atoms with Crippen LogP contribution in [-0.2, 0) is 7.05 Å². The van der Waals surface area contributed by atoms with Crippen LogP contribution in [0, 0.1) is 11.6 Å². The van der Waals surface area contributed by atoms with Crippen LogP contribution in [0.4, 0.5) is 22.0 Å². The van der Waals surface area contributed by atoms with E-state index < -0.39 is 35.3 Å². The molecule has 1 atom stereocenters. The van der Waals surface area contributed by atoms with E-state index in [-0.39, 0.29) is 5.69 Å². The summed E-state index contributed by atoms with van der Waals surface area (Å²) in [7, 11) is 1.35. The molecular weight excluding hydrogens is 309 g/mol. The number of amides is 1. The maximum Gasteiger partial charge on any atom is 0.413 e. The van der Waals surface area contributed by atoms with E-state index in [9.17, 15) is 26.7 Å². The summed E-state index contributed by atoms with van der Waals surface area (Å²) in [5.74, 6) is -3.94. The van der Waals surface area contributed by atoms with E-state index in [4.69, 9.17) is 0 Å². The fourth-order valence-electron chi connectivity index (χ4n) is 1.91. The Labute approximate surface area is 121 Å². The summed E-state index contributed by atoms with van der Waals surface area (Å²) in [6.45, 7) is 0. The molecule has 0 aliphatic carbocycles. The lowest BCUT2D eigenvalue weighted by Crippen LogP contribution is -2.39. The van der Waals surface area contributed by atoms with E-state index in [1.165, 1.54) is 19.3 Å². The van der Waals surface area contributed by atoms with Crippen LogP contribution in [0.1, 0.15) is 22.1 Å². The van der Waals surface area contributed by atoms with Gasteiger partial charge in [0, 0.05) is 13.2 Å². The number of nitrogens with one attached hydrogen (secondary N) is 1. The molecule has 1 N–H and O–H groups in total. The number of aromatic nitrogens is 2. The van der Waals surface area contributed by atoms with Crippen molar-refractivity contribution in [3.05, 3.63) is 53.4 Å². The number of hydrogen-bond donors (Lipinski definition) is 1. The van der Waals surface area contributed by atoms with Crippen LogP contribution in [0.3, 0.4) is 0 Å². The van der Waals surface area contributed by atoms with Crippen molar-refractivity contribution in [2.45, 2.75) is 12.2 Å². The van der Waals surface area contributed by atoms with Gasteiger partial charge in [0.05, 0.1) is 5.56 Å². The molecule has 0 saturated carbocycles. The molecule has 0 unspecified atom stereocenters. The zero-order valence-electron chi connectivity index (χ0n) is 11.2. The lowest BCUT2D eigenvalue weighted by atomic mass is 10.0. The van der Waals surface area contributed by atoms with Crippen molar-refractivity contribution in [3.63, 3.8) is 0 Å². The van der Waals surface area contributed by atoms with Crippen LogP contribution >= 0.6 is 0 Å². The molecule has 1 aromatic heterocycles. The Balaban J connectivity index is 2.41. The Morgan fingerprint density at radius 3 is 2.27 bits per heavy atom. The first-order valence-electron chi connectivity index (χ1n) is 6.01. The van der Waals surface area contributed by atoms with Gasteiger partial charge in [-0.15, -0.1) is 0 Å². The number of carbonyl (C=O) groups excluding carboxylic acids is 1. The first kappa shape index (κ1) is 15.9. The molecular formula is C13H10F5N3O. The normalized spacial score (nSPS) is 13.0. The molecule has 0 aliphatic heterocycles. The van der Waals surface area contributed by atoms with Crippen LogP contribution in [0.2, 0.25) is 0 Å². The molecule has 4 nitrogen and oxygen atoms in total. The highest BCUT2D eigenvalue weighted by atomic mass is 19.4. The highest BCUT2D eigenvalue weighted by Gasteiger charge is 2.45. The molecule has 0 radical (unpaired) electrons. The van der Waals surface area contributed by atoms with Crippen LogP contribution in [-0.4, -0.2) is 21.9 Å². The van der Waals surface area contributed by atoms with Crippen molar-refractivity contribution in [1.82, 2.24) is 15.1 Å². The smallest absolute Gasteiger partial charge is 0.335 e. The quantitative estimate of drug-likeness (QED) is 0.884. The van der Waals surface area contributed by atoms with Crippen molar-refractivity contribution < 1.29 is 26.7 Å². The van der Waals surface area contributed by atoms with E-state index in [1.807, 2.05) is 0 Å². The molecule has 2 rings (SSSR count). The lowest BCUT2D eigenvalue weighted by molar-refractivity contribution is -0.156. The predicted molar refractivity (Wildman–Crippen MR) is 65.8 cm³/mol. The first-order chi connectivity index (χ1) is 10.2. The van der Waals surface area contributed by atoms with Crippen LogP contribution < -0.4 is 5.32 Å². The van der Waals surface area contributed by atoms with Crippen molar-refractivity contribution in [2.75, 3.05) is 0 Å². The first-order valence-corrected chi connectivity index (χ1v) is 6.01. The van der Waals surface area contributed by atoms with Gasteiger partial charge in [-0.1, -0.05) is 6.07 Å². The number of rotatable bonds is 3. The van der Waals surface area contributed by atoms with Gasteiger partial charge in [-0.25, -0.2) is 8.78 Å². The summed E-state index contributed by atoms with van der Waals surface area (Å²) in [4.78, 5) is 11.9. The average Bonchev–Trinajstić information content (AvgIpc) is 2.82. The number of benzene rings is 1. The molecule has 1 amide bonds. The monoisotopic (exact) mass is 319 g/mol. The molecule has 118 valence electrons. The summed E-state index contributed by atoms with van der Waals surface area (Å²) < 4.78 is 67.5. The molecule has 0 bridgehead atoms. The second-order valence-electron chi connectivity index (χ2n) is 4.42. The molecule has 1 heterocycles. The van der Waals surface area contributed by atoms with Gasteiger partial charge < -0.3 is 5.32 Å². The predicted octanol–water partition coefficient (Wildman–Crippen LogP) is 2.73. The van der Waals surface area contributed by atoms with Crippen LogP contribution in [0.15, 0.2) is 30.5 Å². The highest BCUT2D eigenvalue weighted by molar-refractivity contribution is 5.92. The van der Waals surface area contributed by atoms with Gasteiger partial charge in [0.15, 0.2) is 6.04 Å². The summed E-state index contributed by atoms with van der Waals surface area (Å²) in [6.07, 6.45) is -3.86. The van der Waals surface area contributed by atoms with Crippen molar-refractivity contribution >= 4 is 5.91 Å². The van der Waals surface area contributed by atoms with Gasteiger partial charge in [-0.05, 0) is 18.2 Å². The molecule has 0 fully saturated rings. The molecule has 0 saturated heterocycles. The van der Waals surface area contributed by atoms with Crippen molar-refractivity contribution in [1.29, 1.82) is 0 Å². The molecule has 22 heavy (non-hydrogen) atoms. The maximum atomic E-state index is 13.6. The Bertz CT molecular complexity index is 675. The topological polar surface area (TPSA) is 46.9 Å². The van der Waals surface area contributed by atoms with Gasteiger partial charge >= 0.3 is 6.18 Å². The Hall–Kier alpha value is -2.45. The summed E-state index contributed by atoms with van der Waals surface area (Å²) in [6, 6.07) is 0.683. The SMILES string of the molecule is Cn1nccc1C(=O)N[C@H](c1c(F)cccc1F)C(F)(F)F. The summed E-state index contributed by atoms with van der Waals surface area (Å²) in [5, 5.41) is 5.23. The zero-order chi connectivity index (χ0) is 16.5. The standard InChI is InChI=1S/C13H10F5N3O/c1-21-9(5-6-19-21)12(22)20-11(13(16,17)18)10-7(14)3-2-4-8(10)15/h2-6,11H,1H3,(H,20,22)/t11-/m1/s1. The third-order valence-electron chi connectivity index (χ3n) is 2.94. The number of halogens is 5. The minimum atomic E-state index is -5.07. The molecule has 9 heteroatoms. The average molecular weight is 319 g/mol. The molecule has 0 spiro atoms. The number of carbonyl (C=O) groups is 1. The number of alkyl halides is 3. The number of nitrogens with zero attached hydrogens (tertiary/aromatic N) is 2. The maximum absolute atomic E-state index is 13.6. The minimum absolute atomic E-state index is 0.175. The Morgan fingerprint density at radius 1 is 1.23 bits per heavy atom. The van der Waals surface area contributed by atoms with Gasteiger partial charge in [0.25, 0.3) is 5.91 Å². The lowest BCUT2D eigenvalue weighted by Gasteiger charge is -2.22. The Kier molecular flexibility index (Phi) is 4.16. The van der Waals surface area contributed by atoms with Gasteiger partial charge in [-0.3, -0.25) is 9.48 Å². The molecule has 2 aromatic rings. The Morgan fingerprint density at radius 2 is 1.82 bits per heavy atom. The van der Waals surface area contributed by atoms with Crippen LogP contribution in [0.25, 0.3) is 0 Å². The van der Waals surface area contributed by atoms with E-state index in [0.717, 1.165) is 10.7 Å². The highest BCUT2D eigenvalue weighted by Crippen LogP contribution is 2.35. The minimum Gasteiger partial charge on any atom is -0.335 e. The number of aryl methyl sites for hydroxylation is 1. The zero-order valence-corrected chi connectivity index (χ0v) is 11.2. The number of hydrogen-bond acceptors (Lipinski definition) is 2. The second-order valence-corrected chi connectivity index (χ2v) is 4.42. The van der Waals surface area contributed by atoms with E-state index in [1.54, 1.807) is 5.32 Å². The van der Waals surface area contributed by atoms with E-state index >= 15 is 0 Å². The van der Waals surface area contributed by atoms with E-state index in [2.05, 4.69) is 5.10 Å². The second kappa shape index (κ2) is 5.74. The van der Waals surface area contributed by atoms with Gasteiger partial charge in [0.2, 0.25) is 0 Å². The van der Waals surface area contributed by atoms with Gasteiger partial charge in [-0.2, -0.15) is 18.3 Å². The largest absolute Gasteiger partial charge is 0.413 e. The van der Waals surface area contributed by atoms with Crippen molar-refractivity contribution in [2.24, 2.45) is 7.05 Å². The third-order valence-corrected chi connectivity index (χ3v) is 2.94. The fourth-order valence-corrected chi connectivity index (χ4v) is 1.91. The summed E-state index contributed by atoms with van der Waals surface area (Å²) >= 11 is 0. The molecule has 1 aromatic carbocycles. The van der Waals surface area contributed by atoms with E-state index in [0.29, 0.717) is 12.1 Å². The third kappa shape index (κ3) is 3.07. The van der Waals surface area contributed by atoms with Crippen LogP contribution in [0.5, 0.6) is 0 Å². The van der Waals surface area contributed by atoms with Crippen molar-refractivity contribution in [3.8, 4) is 0 Å². The molecule has 0 aliphatic rings. The summed E-state index contributed by atoms with van der Waals surface area (Å²) in [5.41, 5.74) is -1.43. The fraction of sp³-hybridized carbons (Fsp3) is 0.231.